The van der Waals surface area contributed by atoms with Gasteiger partial charge in [0.15, 0.2) is 0 Å². The van der Waals surface area contributed by atoms with Crippen LogP contribution in [-0.4, -0.2) is 7.85 Å². The zero-order valence-corrected chi connectivity index (χ0v) is 6.05. The number of thiol groups is 1. The van der Waals surface area contributed by atoms with Crippen LogP contribution in [0.5, 0.6) is 0 Å². The third kappa shape index (κ3) is 2.80. The first-order chi connectivity index (χ1) is 2.94. The van der Waals surface area contributed by atoms with Crippen molar-refractivity contribution >= 4 is 20.5 Å². The molecule has 0 N–H and O–H groups in total. The highest BCUT2D eigenvalue weighted by Gasteiger charge is 2.09. The van der Waals surface area contributed by atoms with E-state index in [0.717, 1.165) is 4.91 Å². The Morgan fingerprint density at radius 2 is 1.86 bits per heavy atom. The molecule has 0 saturated heterocycles. The van der Waals surface area contributed by atoms with Crippen molar-refractivity contribution < 1.29 is 0 Å². The quantitative estimate of drug-likeness (QED) is 0.385. The fourth-order valence-corrected chi connectivity index (χ4v) is 0. The minimum absolute atomic E-state index is 0.170. The molecule has 0 aromatic carbocycles. The fraction of sp³-hybridized carbons (Fsp3) is 0.600. The second-order valence-electron chi connectivity index (χ2n) is 2.70. The lowest BCUT2D eigenvalue weighted by Crippen LogP contribution is -1.99. The standard InChI is InChI=1S/C5H11BS/c1-4(7)5(2,3)6/h7H,1,6H2,2-3H3. The molecule has 0 rings (SSSR count). The van der Waals surface area contributed by atoms with Gasteiger partial charge < -0.3 is 0 Å². The highest BCUT2D eigenvalue weighted by molar-refractivity contribution is 7.84. The van der Waals surface area contributed by atoms with Crippen LogP contribution in [0, 0.1) is 0 Å². The van der Waals surface area contributed by atoms with Gasteiger partial charge in [0.25, 0.3) is 0 Å². The van der Waals surface area contributed by atoms with E-state index in [1.54, 1.807) is 0 Å². The summed E-state index contributed by atoms with van der Waals surface area (Å²) in [7, 11) is 2.09. The Hall–Kier alpha value is 0.155. The van der Waals surface area contributed by atoms with Crippen molar-refractivity contribution in [2.24, 2.45) is 0 Å². The third-order valence-electron chi connectivity index (χ3n) is 0.866. The zero-order valence-electron chi connectivity index (χ0n) is 5.15. The van der Waals surface area contributed by atoms with E-state index in [9.17, 15) is 0 Å². The van der Waals surface area contributed by atoms with Gasteiger partial charge in [-0.3, -0.25) is 0 Å². The van der Waals surface area contributed by atoms with Crippen LogP contribution in [0.4, 0.5) is 0 Å². The Morgan fingerprint density at radius 1 is 1.71 bits per heavy atom. The fourth-order valence-electron chi connectivity index (χ4n) is 0. The van der Waals surface area contributed by atoms with Gasteiger partial charge in [0.05, 0.1) is 0 Å². The molecule has 0 aromatic rings. The van der Waals surface area contributed by atoms with Gasteiger partial charge in [-0.25, -0.2) is 0 Å². The molecule has 0 saturated carbocycles. The van der Waals surface area contributed by atoms with Crippen LogP contribution < -0.4 is 0 Å². The molecule has 40 valence electrons. The lowest BCUT2D eigenvalue weighted by Gasteiger charge is -2.15. The summed E-state index contributed by atoms with van der Waals surface area (Å²) in [6.45, 7) is 7.86. The van der Waals surface area contributed by atoms with E-state index in [1.807, 2.05) is 0 Å². The Kier molecular flexibility index (Phi) is 1.99. The predicted molar refractivity (Wildman–Crippen MR) is 40.7 cm³/mol. The summed E-state index contributed by atoms with van der Waals surface area (Å²) in [6.07, 6.45) is 0. The molecule has 2 heteroatoms. The summed E-state index contributed by atoms with van der Waals surface area (Å²) < 4.78 is 0. The SMILES string of the molecule is BC(C)(C)C(=C)S. The molecule has 0 unspecified atom stereocenters. The lowest BCUT2D eigenvalue weighted by molar-refractivity contribution is 0.851. The van der Waals surface area contributed by atoms with Crippen LogP contribution in [0.1, 0.15) is 13.8 Å². The van der Waals surface area contributed by atoms with Gasteiger partial charge in [-0.15, -0.1) is 12.6 Å². The maximum absolute atomic E-state index is 4.08. The summed E-state index contributed by atoms with van der Waals surface area (Å²) >= 11 is 4.08. The predicted octanol–water partition coefficient (Wildman–Crippen LogP) is 1.26. The van der Waals surface area contributed by atoms with E-state index in [4.69, 9.17) is 0 Å². The van der Waals surface area contributed by atoms with Crippen molar-refractivity contribution in [2.75, 3.05) is 0 Å². The van der Waals surface area contributed by atoms with Crippen molar-refractivity contribution in [3.05, 3.63) is 11.5 Å². The minimum atomic E-state index is 0.170. The Morgan fingerprint density at radius 3 is 1.86 bits per heavy atom. The molecule has 0 aliphatic carbocycles. The first kappa shape index (κ1) is 7.15. The monoisotopic (exact) mass is 114 g/mol. The van der Waals surface area contributed by atoms with Gasteiger partial charge in [0.1, 0.15) is 7.85 Å². The van der Waals surface area contributed by atoms with Crippen LogP contribution in [0.15, 0.2) is 11.5 Å². The smallest absolute Gasteiger partial charge is 0.115 e. The summed E-state index contributed by atoms with van der Waals surface area (Å²) in [6, 6.07) is 0. The molecular weight excluding hydrogens is 103 g/mol. The number of hydrogen-bond donors (Lipinski definition) is 1. The van der Waals surface area contributed by atoms with Gasteiger partial charge in [-0.1, -0.05) is 20.4 Å². The molecular formula is C5H11BS. The van der Waals surface area contributed by atoms with Crippen LogP contribution >= 0.6 is 12.6 Å². The van der Waals surface area contributed by atoms with Crippen molar-refractivity contribution in [2.45, 2.75) is 19.2 Å². The zero-order chi connectivity index (χ0) is 6.08. The molecule has 0 aliphatic rings. The highest BCUT2D eigenvalue weighted by atomic mass is 32.1. The number of hydrogen-bond acceptors (Lipinski definition) is 1. The average molecular weight is 114 g/mol. The highest BCUT2D eigenvalue weighted by Crippen LogP contribution is 2.29. The molecule has 0 heterocycles. The lowest BCUT2D eigenvalue weighted by atomic mass is 9.73. The van der Waals surface area contributed by atoms with E-state index < -0.39 is 0 Å². The van der Waals surface area contributed by atoms with Crippen molar-refractivity contribution in [1.29, 1.82) is 0 Å². The van der Waals surface area contributed by atoms with Gasteiger partial charge >= 0.3 is 0 Å². The first-order valence-electron chi connectivity index (χ1n) is 2.33. The van der Waals surface area contributed by atoms with Gasteiger partial charge in [0.2, 0.25) is 0 Å². The Labute approximate surface area is 51.8 Å². The van der Waals surface area contributed by atoms with Crippen molar-refractivity contribution in [3.8, 4) is 0 Å². The molecule has 0 bridgehead atoms. The molecule has 7 heavy (non-hydrogen) atoms. The first-order valence-corrected chi connectivity index (χ1v) is 2.77. The molecule has 0 spiro atoms. The van der Waals surface area contributed by atoms with Crippen molar-refractivity contribution in [1.82, 2.24) is 0 Å². The van der Waals surface area contributed by atoms with Gasteiger partial charge in [0, 0.05) is 0 Å². The molecule has 0 aliphatic heterocycles. The molecule has 0 atom stereocenters. The average Bonchev–Trinajstić information content (AvgIpc) is 1.31. The van der Waals surface area contributed by atoms with E-state index >= 15 is 0 Å². The molecule has 0 nitrogen and oxygen atoms in total. The Balaban J connectivity index is 3.79. The van der Waals surface area contributed by atoms with E-state index in [1.165, 1.54) is 0 Å². The second-order valence-corrected chi connectivity index (χ2v) is 3.24. The van der Waals surface area contributed by atoms with Crippen LogP contribution in [0.3, 0.4) is 0 Å². The summed E-state index contributed by atoms with van der Waals surface area (Å²) in [5, 5.41) is 0.170. The Bertz CT molecular complexity index is 80.6. The van der Waals surface area contributed by atoms with Gasteiger partial charge in [-0.05, 0) is 10.2 Å². The van der Waals surface area contributed by atoms with E-state index in [0.29, 0.717) is 0 Å². The molecule has 0 fully saturated rings. The molecule has 0 amide bonds. The summed E-state index contributed by atoms with van der Waals surface area (Å²) in [5.41, 5.74) is 0. The summed E-state index contributed by atoms with van der Waals surface area (Å²) in [4.78, 5) is 0.938. The van der Waals surface area contributed by atoms with Crippen LogP contribution in [0.2, 0.25) is 5.31 Å². The van der Waals surface area contributed by atoms with E-state index in [-0.39, 0.29) is 5.31 Å². The second kappa shape index (κ2) is 1.95. The normalized spacial score (nSPS) is 11.3. The number of allylic oxidation sites excluding steroid dienone is 1. The van der Waals surface area contributed by atoms with E-state index in [2.05, 4.69) is 40.9 Å². The number of rotatable bonds is 1. The van der Waals surface area contributed by atoms with Crippen LogP contribution in [0.25, 0.3) is 0 Å². The van der Waals surface area contributed by atoms with Crippen LogP contribution in [-0.2, 0) is 0 Å². The minimum Gasteiger partial charge on any atom is -0.149 e. The van der Waals surface area contributed by atoms with Gasteiger partial charge in [-0.2, -0.15) is 0 Å². The van der Waals surface area contributed by atoms with Crippen molar-refractivity contribution in [3.63, 3.8) is 0 Å². The molecule has 0 radical (unpaired) electrons. The topological polar surface area (TPSA) is 0 Å². The summed E-state index contributed by atoms with van der Waals surface area (Å²) in [5.74, 6) is 0. The largest absolute Gasteiger partial charge is 0.149 e. The maximum Gasteiger partial charge on any atom is 0.115 e. The maximum atomic E-state index is 4.08. The molecule has 0 aromatic heterocycles. The third-order valence-corrected chi connectivity index (χ3v) is 1.54.